The quantitative estimate of drug-likeness (QED) is 0.366. The zero-order valence-corrected chi connectivity index (χ0v) is 16.6. The highest BCUT2D eigenvalue weighted by atomic mass is 16.5. The van der Waals surface area contributed by atoms with Gasteiger partial charge in [-0.05, 0) is 49.5 Å². The van der Waals surface area contributed by atoms with Gasteiger partial charge in [0.05, 0.1) is 18.0 Å². The van der Waals surface area contributed by atoms with Gasteiger partial charge in [0.15, 0.2) is 5.52 Å². The largest absolute Gasteiger partial charge is 0.458 e. The van der Waals surface area contributed by atoms with Crippen LogP contribution in [0.2, 0.25) is 0 Å². The van der Waals surface area contributed by atoms with E-state index in [1.165, 1.54) is 0 Å². The second kappa shape index (κ2) is 9.48. The predicted molar refractivity (Wildman–Crippen MR) is 114 cm³/mol. The van der Waals surface area contributed by atoms with Crippen molar-refractivity contribution in [1.29, 1.82) is 0 Å². The van der Waals surface area contributed by atoms with Crippen LogP contribution in [0, 0.1) is 0 Å². The lowest BCUT2D eigenvalue weighted by molar-refractivity contribution is -0.675. The summed E-state index contributed by atoms with van der Waals surface area (Å²) >= 11 is 0. The summed E-state index contributed by atoms with van der Waals surface area (Å²) in [6, 6.07) is 8.07. The summed E-state index contributed by atoms with van der Waals surface area (Å²) in [7, 11) is 1.98. The Balaban J connectivity index is 2.58. The summed E-state index contributed by atoms with van der Waals surface area (Å²) in [5.74, 6) is 1.08. The van der Waals surface area contributed by atoms with E-state index in [4.69, 9.17) is 4.74 Å². The Bertz CT molecular complexity index is 975. The third-order valence-electron chi connectivity index (χ3n) is 4.05. The maximum atomic E-state index is 5.95. The minimum atomic E-state index is 0.532. The summed E-state index contributed by atoms with van der Waals surface area (Å²) < 4.78 is 7.95. The van der Waals surface area contributed by atoms with Gasteiger partial charge in [-0.1, -0.05) is 55.7 Å². The van der Waals surface area contributed by atoms with Gasteiger partial charge in [0, 0.05) is 0 Å². The van der Waals surface area contributed by atoms with Crippen LogP contribution in [0.3, 0.4) is 0 Å². The van der Waals surface area contributed by atoms with Gasteiger partial charge in [0.25, 0.3) is 6.33 Å². The van der Waals surface area contributed by atoms with E-state index in [1.807, 2.05) is 80.4 Å². The van der Waals surface area contributed by atoms with Gasteiger partial charge in [-0.15, -0.1) is 0 Å². The number of nitrogens with zero attached hydrogens (tertiary/aromatic N) is 2. The molecule has 27 heavy (non-hydrogen) atoms. The summed E-state index contributed by atoms with van der Waals surface area (Å²) in [5, 5.41) is 1.04. The molecule has 0 saturated heterocycles. The molecule has 138 valence electrons. The van der Waals surface area contributed by atoms with Gasteiger partial charge in [-0.25, -0.2) is 4.57 Å². The number of rotatable bonds is 7. The fourth-order valence-electron chi connectivity index (χ4n) is 2.88. The average Bonchev–Trinajstić information content (AvgIpc) is 2.64. The zero-order chi connectivity index (χ0) is 19.8. The molecule has 0 amide bonds. The fourth-order valence-corrected chi connectivity index (χ4v) is 2.88. The number of aromatic nitrogens is 2. The van der Waals surface area contributed by atoms with Crippen LogP contribution in [0.4, 0.5) is 0 Å². The molecule has 0 fully saturated rings. The molecule has 0 bridgehead atoms. The third-order valence-corrected chi connectivity index (χ3v) is 4.05. The molecule has 3 heteroatoms. The lowest BCUT2D eigenvalue weighted by atomic mass is 9.99. The van der Waals surface area contributed by atoms with Gasteiger partial charge in [-0.3, -0.25) is 0 Å². The van der Waals surface area contributed by atoms with Crippen LogP contribution < -0.4 is 4.57 Å². The van der Waals surface area contributed by atoms with E-state index in [-0.39, 0.29) is 0 Å². The van der Waals surface area contributed by atoms with E-state index in [0.29, 0.717) is 11.5 Å². The number of ether oxygens (including phenoxy) is 1. The molecule has 0 radical (unpaired) electrons. The van der Waals surface area contributed by atoms with Gasteiger partial charge >= 0.3 is 0 Å². The normalized spacial score (nSPS) is 12.9. The number of para-hydroxylation sites is 1. The van der Waals surface area contributed by atoms with Crippen LogP contribution in [-0.2, 0) is 11.8 Å². The number of allylic oxidation sites excluding steroid dienone is 8. The maximum absolute atomic E-state index is 5.95. The lowest BCUT2D eigenvalue weighted by Gasteiger charge is -2.16. The maximum Gasteiger partial charge on any atom is 0.287 e. The van der Waals surface area contributed by atoms with E-state index in [2.05, 4.69) is 37.2 Å². The number of hydrogen-bond donors (Lipinski definition) is 0. The Labute approximate surface area is 162 Å². The molecular formula is C24H27N2O+. The molecule has 0 atom stereocenters. The van der Waals surface area contributed by atoms with E-state index < -0.39 is 0 Å². The summed E-state index contributed by atoms with van der Waals surface area (Å²) in [5.41, 5.74) is 3.91. The second-order valence-electron chi connectivity index (χ2n) is 6.16. The van der Waals surface area contributed by atoms with Crippen molar-refractivity contribution in [1.82, 2.24) is 4.98 Å². The summed E-state index contributed by atoms with van der Waals surface area (Å²) in [6.45, 7) is 14.2. The molecule has 0 aliphatic heterocycles. The first-order valence-electron chi connectivity index (χ1n) is 8.92. The highest BCUT2D eigenvalue weighted by molar-refractivity contribution is 5.93. The first kappa shape index (κ1) is 20.1. The van der Waals surface area contributed by atoms with Crippen LogP contribution >= 0.6 is 0 Å². The first-order valence-corrected chi connectivity index (χ1v) is 8.92. The Hall–Kier alpha value is -3.20. The van der Waals surface area contributed by atoms with Crippen LogP contribution in [0.1, 0.15) is 26.5 Å². The van der Waals surface area contributed by atoms with Crippen molar-refractivity contribution in [2.45, 2.75) is 20.8 Å². The Morgan fingerprint density at radius 2 is 1.81 bits per heavy atom. The fraction of sp³-hybridized carbons (Fsp3) is 0.167. The van der Waals surface area contributed by atoms with Gasteiger partial charge in [-0.2, -0.15) is 0 Å². The molecule has 0 unspecified atom stereocenters. The SMILES string of the molecule is C=C(/C=C\C=C/C)OC(=C)/C(=C(C)\C=C/C)c1c2ccccc2nc[n+]1C. The van der Waals surface area contributed by atoms with Gasteiger partial charge in [0.1, 0.15) is 17.2 Å². The van der Waals surface area contributed by atoms with Crippen LogP contribution in [0.5, 0.6) is 0 Å². The van der Waals surface area contributed by atoms with Crippen LogP contribution in [0.25, 0.3) is 16.5 Å². The topological polar surface area (TPSA) is 26.0 Å². The number of aryl methyl sites for hydroxylation is 1. The molecule has 2 aromatic rings. The standard InChI is InChI=1S/C24H27N2O/c1-7-9-10-14-19(4)27-20(5)23(18(3)13-8-2)24-21-15-11-12-16-22(21)25-17-26(24)6/h7-17H,4-5H2,1-3,6H3/q+1/b9-7-,13-8-,14-10-,23-18+. The molecular weight excluding hydrogens is 332 g/mol. The van der Waals surface area contributed by atoms with Crippen molar-refractivity contribution in [3.8, 4) is 0 Å². The molecule has 2 rings (SSSR count). The second-order valence-corrected chi connectivity index (χ2v) is 6.16. The molecule has 1 aromatic carbocycles. The average molecular weight is 359 g/mol. The van der Waals surface area contributed by atoms with Crippen molar-refractivity contribution >= 4 is 16.5 Å². The van der Waals surface area contributed by atoms with Gasteiger partial charge in [0.2, 0.25) is 0 Å². The smallest absolute Gasteiger partial charge is 0.287 e. The highest BCUT2D eigenvalue weighted by Crippen LogP contribution is 2.30. The molecule has 0 spiro atoms. The summed E-state index contributed by atoms with van der Waals surface area (Å²) in [4.78, 5) is 4.51. The minimum Gasteiger partial charge on any atom is -0.458 e. The van der Waals surface area contributed by atoms with Crippen molar-refractivity contribution < 1.29 is 9.30 Å². The van der Waals surface area contributed by atoms with Gasteiger partial charge < -0.3 is 4.74 Å². The van der Waals surface area contributed by atoms with E-state index >= 15 is 0 Å². The number of hydrogen-bond acceptors (Lipinski definition) is 2. The highest BCUT2D eigenvalue weighted by Gasteiger charge is 2.21. The van der Waals surface area contributed by atoms with E-state index in [9.17, 15) is 0 Å². The predicted octanol–water partition coefficient (Wildman–Crippen LogP) is 5.59. The Morgan fingerprint density at radius 3 is 2.52 bits per heavy atom. The minimum absolute atomic E-state index is 0.532. The number of fused-ring (bicyclic) bond motifs is 1. The monoisotopic (exact) mass is 359 g/mol. The molecule has 0 aliphatic rings. The van der Waals surface area contributed by atoms with Crippen LogP contribution in [0.15, 0.2) is 97.3 Å². The molecule has 0 N–H and O–H groups in total. The van der Waals surface area contributed by atoms with Crippen molar-refractivity contribution in [2.24, 2.45) is 7.05 Å². The molecule has 1 aromatic heterocycles. The van der Waals surface area contributed by atoms with E-state index in [1.54, 1.807) is 0 Å². The van der Waals surface area contributed by atoms with Crippen LogP contribution in [-0.4, -0.2) is 4.98 Å². The van der Waals surface area contributed by atoms with Crippen molar-refractivity contribution in [3.63, 3.8) is 0 Å². The molecule has 0 saturated carbocycles. The molecule has 3 nitrogen and oxygen atoms in total. The molecule has 1 heterocycles. The summed E-state index contributed by atoms with van der Waals surface area (Å²) in [6.07, 6.45) is 13.5. The first-order chi connectivity index (χ1) is 13.0. The van der Waals surface area contributed by atoms with Crippen molar-refractivity contribution in [3.05, 3.63) is 103 Å². The van der Waals surface area contributed by atoms with Crippen molar-refractivity contribution in [2.75, 3.05) is 0 Å². The Morgan fingerprint density at radius 1 is 1.07 bits per heavy atom. The lowest BCUT2D eigenvalue weighted by Crippen LogP contribution is -2.34. The molecule has 0 aliphatic carbocycles. The Kier molecular flexibility index (Phi) is 7.07. The number of benzene rings is 1. The van der Waals surface area contributed by atoms with E-state index in [0.717, 1.165) is 27.7 Å². The third kappa shape index (κ3) is 4.91. The zero-order valence-electron chi connectivity index (χ0n) is 16.6.